The Labute approximate surface area is 95.2 Å². The van der Waals surface area contributed by atoms with E-state index in [-0.39, 0.29) is 0 Å². The molecule has 2 aliphatic heterocycles. The first kappa shape index (κ1) is 10.2. The Kier molecular flexibility index (Phi) is 2.88. The second-order valence-electron chi connectivity index (χ2n) is 4.56. The summed E-state index contributed by atoms with van der Waals surface area (Å²) in [7, 11) is 0. The Morgan fingerprint density at radius 2 is 2.25 bits per heavy atom. The quantitative estimate of drug-likeness (QED) is 0.758. The standard InChI is InChI=1S/C11H18N4O/c1-2-9(3-5-12-4-1)11-14-13-10-8-16-7-6-15(10)11/h9,12H,1-8H2. The monoisotopic (exact) mass is 222 g/mol. The Balaban J connectivity index is 1.84. The third-order valence-electron chi connectivity index (χ3n) is 3.49. The number of fused-ring (bicyclic) bond motifs is 1. The summed E-state index contributed by atoms with van der Waals surface area (Å²) < 4.78 is 7.65. The van der Waals surface area contributed by atoms with Crippen LogP contribution in [0.2, 0.25) is 0 Å². The van der Waals surface area contributed by atoms with E-state index >= 15 is 0 Å². The molecule has 0 spiro atoms. The summed E-state index contributed by atoms with van der Waals surface area (Å²) in [5.74, 6) is 2.76. The highest BCUT2D eigenvalue weighted by atomic mass is 16.5. The summed E-state index contributed by atoms with van der Waals surface area (Å²) >= 11 is 0. The van der Waals surface area contributed by atoms with Gasteiger partial charge in [0.05, 0.1) is 6.61 Å². The second kappa shape index (κ2) is 4.51. The van der Waals surface area contributed by atoms with Gasteiger partial charge in [0.2, 0.25) is 0 Å². The Morgan fingerprint density at radius 1 is 1.25 bits per heavy atom. The predicted octanol–water partition coefficient (Wildman–Crippen LogP) is 0.665. The van der Waals surface area contributed by atoms with Crippen molar-refractivity contribution in [3.8, 4) is 0 Å². The number of ether oxygens (including phenoxy) is 1. The van der Waals surface area contributed by atoms with Gasteiger partial charge in [0.25, 0.3) is 0 Å². The maximum Gasteiger partial charge on any atom is 0.159 e. The van der Waals surface area contributed by atoms with Crippen molar-refractivity contribution >= 4 is 0 Å². The van der Waals surface area contributed by atoms with Crippen molar-refractivity contribution in [3.05, 3.63) is 11.6 Å². The van der Waals surface area contributed by atoms with Crippen molar-refractivity contribution in [2.75, 3.05) is 19.7 Å². The summed E-state index contributed by atoms with van der Waals surface area (Å²) in [5.41, 5.74) is 0. The molecule has 3 heterocycles. The van der Waals surface area contributed by atoms with Crippen LogP contribution in [0, 0.1) is 0 Å². The third-order valence-corrected chi connectivity index (χ3v) is 3.49. The number of nitrogens with zero attached hydrogens (tertiary/aromatic N) is 3. The molecule has 2 aliphatic rings. The van der Waals surface area contributed by atoms with Crippen LogP contribution in [0.5, 0.6) is 0 Å². The molecular formula is C11H18N4O. The third kappa shape index (κ3) is 1.85. The lowest BCUT2D eigenvalue weighted by molar-refractivity contribution is 0.0801. The fraction of sp³-hybridized carbons (Fsp3) is 0.818. The summed E-state index contributed by atoms with van der Waals surface area (Å²) in [5, 5.41) is 12.0. The predicted molar refractivity (Wildman–Crippen MR) is 59.1 cm³/mol. The largest absolute Gasteiger partial charge is 0.372 e. The average molecular weight is 222 g/mol. The van der Waals surface area contributed by atoms with Crippen molar-refractivity contribution in [3.63, 3.8) is 0 Å². The minimum atomic E-state index is 0.578. The molecule has 0 aromatic carbocycles. The number of rotatable bonds is 1. The lowest BCUT2D eigenvalue weighted by Crippen LogP contribution is -2.20. The van der Waals surface area contributed by atoms with E-state index in [0.29, 0.717) is 12.5 Å². The second-order valence-corrected chi connectivity index (χ2v) is 4.56. The summed E-state index contributed by atoms with van der Waals surface area (Å²) in [6.45, 7) is 4.58. The van der Waals surface area contributed by atoms with Crippen LogP contribution in [0.1, 0.15) is 36.8 Å². The van der Waals surface area contributed by atoms with Gasteiger partial charge < -0.3 is 14.6 Å². The summed E-state index contributed by atoms with van der Waals surface area (Å²) in [6, 6.07) is 0. The molecule has 0 amide bonds. The zero-order chi connectivity index (χ0) is 10.8. The normalized spacial score (nSPS) is 26.1. The lowest BCUT2D eigenvalue weighted by Gasteiger charge is -2.19. The highest BCUT2D eigenvalue weighted by Crippen LogP contribution is 2.26. The van der Waals surface area contributed by atoms with Gasteiger partial charge in [0.15, 0.2) is 5.82 Å². The molecule has 0 saturated carbocycles. The molecule has 1 aromatic rings. The van der Waals surface area contributed by atoms with Crippen molar-refractivity contribution < 1.29 is 4.74 Å². The van der Waals surface area contributed by atoms with Crippen LogP contribution in [-0.2, 0) is 17.9 Å². The Hall–Kier alpha value is -0.940. The molecule has 1 atom stereocenters. The first-order chi connectivity index (χ1) is 7.95. The number of hydrogen-bond donors (Lipinski definition) is 1. The molecule has 5 nitrogen and oxygen atoms in total. The molecule has 1 fully saturated rings. The van der Waals surface area contributed by atoms with Crippen LogP contribution in [0.15, 0.2) is 0 Å². The Morgan fingerprint density at radius 3 is 3.25 bits per heavy atom. The van der Waals surface area contributed by atoms with Gasteiger partial charge in [-0.15, -0.1) is 10.2 Å². The van der Waals surface area contributed by atoms with Crippen molar-refractivity contribution in [1.82, 2.24) is 20.1 Å². The van der Waals surface area contributed by atoms with Gasteiger partial charge in [0, 0.05) is 12.5 Å². The molecule has 1 unspecified atom stereocenters. The molecule has 0 bridgehead atoms. The van der Waals surface area contributed by atoms with Crippen molar-refractivity contribution in [2.24, 2.45) is 0 Å². The van der Waals surface area contributed by atoms with Gasteiger partial charge in [0.1, 0.15) is 12.4 Å². The lowest BCUT2D eigenvalue weighted by atomic mass is 10.00. The minimum absolute atomic E-state index is 0.578. The highest BCUT2D eigenvalue weighted by Gasteiger charge is 2.23. The van der Waals surface area contributed by atoms with Gasteiger partial charge in [-0.05, 0) is 32.4 Å². The van der Waals surface area contributed by atoms with E-state index in [1.807, 2.05) is 0 Å². The minimum Gasteiger partial charge on any atom is -0.372 e. The van der Waals surface area contributed by atoms with Gasteiger partial charge in [-0.3, -0.25) is 0 Å². The Bertz CT molecular complexity index is 355. The maximum absolute atomic E-state index is 5.39. The molecule has 5 heteroatoms. The van der Waals surface area contributed by atoms with Gasteiger partial charge in [-0.1, -0.05) is 0 Å². The van der Waals surface area contributed by atoms with Crippen LogP contribution in [0.3, 0.4) is 0 Å². The molecule has 0 aliphatic carbocycles. The summed E-state index contributed by atoms with van der Waals surface area (Å²) in [6.07, 6.45) is 3.65. The fourth-order valence-corrected chi connectivity index (χ4v) is 2.60. The van der Waals surface area contributed by atoms with E-state index in [2.05, 4.69) is 20.1 Å². The highest BCUT2D eigenvalue weighted by molar-refractivity contribution is 5.03. The van der Waals surface area contributed by atoms with Crippen LogP contribution < -0.4 is 5.32 Å². The molecule has 16 heavy (non-hydrogen) atoms. The fourth-order valence-electron chi connectivity index (χ4n) is 2.60. The van der Waals surface area contributed by atoms with Gasteiger partial charge >= 0.3 is 0 Å². The van der Waals surface area contributed by atoms with Crippen LogP contribution in [0.4, 0.5) is 0 Å². The molecular weight excluding hydrogens is 204 g/mol. The number of nitrogens with one attached hydrogen (secondary N) is 1. The zero-order valence-corrected chi connectivity index (χ0v) is 9.48. The van der Waals surface area contributed by atoms with Crippen LogP contribution >= 0.6 is 0 Å². The molecule has 1 aromatic heterocycles. The van der Waals surface area contributed by atoms with E-state index in [1.165, 1.54) is 25.1 Å². The average Bonchev–Trinajstić information content (AvgIpc) is 2.57. The van der Waals surface area contributed by atoms with Gasteiger partial charge in [-0.2, -0.15) is 0 Å². The molecule has 0 radical (unpaired) electrons. The smallest absolute Gasteiger partial charge is 0.159 e. The molecule has 1 saturated heterocycles. The van der Waals surface area contributed by atoms with E-state index in [4.69, 9.17) is 4.74 Å². The SMILES string of the molecule is C1CNCCC(c2nnc3n2CCOC3)C1. The van der Waals surface area contributed by atoms with E-state index in [9.17, 15) is 0 Å². The zero-order valence-electron chi connectivity index (χ0n) is 9.48. The topological polar surface area (TPSA) is 52.0 Å². The first-order valence-corrected chi connectivity index (χ1v) is 6.15. The van der Waals surface area contributed by atoms with E-state index in [1.54, 1.807) is 0 Å². The van der Waals surface area contributed by atoms with E-state index < -0.39 is 0 Å². The maximum atomic E-state index is 5.39. The van der Waals surface area contributed by atoms with Crippen LogP contribution in [0.25, 0.3) is 0 Å². The van der Waals surface area contributed by atoms with Crippen molar-refractivity contribution in [1.29, 1.82) is 0 Å². The molecule has 3 rings (SSSR count). The van der Waals surface area contributed by atoms with Crippen molar-refractivity contribution in [2.45, 2.75) is 38.3 Å². The van der Waals surface area contributed by atoms with E-state index in [0.717, 1.165) is 32.1 Å². The molecule has 88 valence electrons. The van der Waals surface area contributed by atoms with Gasteiger partial charge in [-0.25, -0.2) is 0 Å². The molecule has 1 N–H and O–H groups in total. The van der Waals surface area contributed by atoms with Crippen LogP contribution in [-0.4, -0.2) is 34.5 Å². The first-order valence-electron chi connectivity index (χ1n) is 6.15. The summed E-state index contributed by atoms with van der Waals surface area (Å²) in [4.78, 5) is 0. The number of aromatic nitrogens is 3. The number of hydrogen-bond acceptors (Lipinski definition) is 4.